The monoisotopic (exact) mass is 266 g/mol. The van der Waals surface area contributed by atoms with E-state index >= 15 is 0 Å². The Morgan fingerprint density at radius 1 is 1.26 bits per heavy atom. The fourth-order valence-electron chi connectivity index (χ4n) is 3.89. The Morgan fingerprint density at radius 3 is 2.68 bits per heavy atom. The zero-order valence-electron chi connectivity index (χ0n) is 12.7. The molecule has 1 heterocycles. The van der Waals surface area contributed by atoms with Gasteiger partial charge in [-0.25, -0.2) is 0 Å². The van der Waals surface area contributed by atoms with Crippen molar-refractivity contribution >= 4 is 0 Å². The highest BCUT2D eigenvalue weighted by atomic mass is 16.5. The third-order valence-electron chi connectivity index (χ3n) is 5.53. The molecule has 2 atom stereocenters. The Morgan fingerprint density at radius 2 is 2.00 bits per heavy atom. The molecule has 3 rings (SSSR count). The molecule has 3 fully saturated rings. The summed E-state index contributed by atoms with van der Waals surface area (Å²) in [4.78, 5) is 2.55. The van der Waals surface area contributed by atoms with E-state index in [0.29, 0.717) is 12.1 Å². The molecule has 2 unspecified atom stereocenters. The molecular formula is C16H30N2O. The zero-order chi connectivity index (χ0) is 13.3. The van der Waals surface area contributed by atoms with Gasteiger partial charge in [0.2, 0.25) is 0 Å². The maximum atomic E-state index is 6.11. The molecule has 110 valence electrons. The molecule has 0 amide bonds. The lowest BCUT2D eigenvalue weighted by molar-refractivity contribution is -0.0839. The van der Waals surface area contributed by atoms with E-state index < -0.39 is 0 Å². The summed E-state index contributed by atoms with van der Waals surface area (Å²) < 4.78 is 6.11. The van der Waals surface area contributed by atoms with Crippen LogP contribution in [0.2, 0.25) is 0 Å². The smallest absolute Gasteiger partial charge is 0.0697 e. The fourth-order valence-corrected chi connectivity index (χ4v) is 3.89. The van der Waals surface area contributed by atoms with Crippen molar-refractivity contribution in [1.29, 1.82) is 0 Å². The molecule has 1 N–H and O–H groups in total. The number of nitrogens with one attached hydrogen (secondary N) is 1. The minimum absolute atomic E-state index is 0.252. The van der Waals surface area contributed by atoms with E-state index in [0.717, 1.165) is 19.2 Å². The Kier molecular flexibility index (Phi) is 4.16. The summed E-state index contributed by atoms with van der Waals surface area (Å²) in [5.74, 6) is 0. The minimum Gasteiger partial charge on any atom is -0.375 e. The lowest BCUT2D eigenvalue weighted by Crippen LogP contribution is -2.49. The molecule has 0 radical (unpaired) electrons. The topological polar surface area (TPSA) is 24.5 Å². The quantitative estimate of drug-likeness (QED) is 0.827. The fraction of sp³-hybridized carbons (Fsp3) is 1.00. The first-order valence-electron chi connectivity index (χ1n) is 8.28. The first kappa shape index (κ1) is 13.8. The highest BCUT2D eigenvalue weighted by Crippen LogP contribution is 2.40. The number of likely N-dealkylation sites (N-methyl/N-ethyl adjacent to an activating group) is 1. The summed E-state index contributed by atoms with van der Waals surface area (Å²) in [6.07, 6.45) is 10.6. The maximum absolute atomic E-state index is 6.11. The minimum atomic E-state index is 0.252. The molecule has 2 saturated carbocycles. The van der Waals surface area contributed by atoms with Gasteiger partial charge in [0, 0.05) is 31.3 Å². The molecule has 0 bridgehead atoms. The molecule has 3 nitrogen and oxygen atoms in total. The van der Waals surface area contributed by atoms with Crippen LogP contribution in [0.5, 0.6) is 0 Å². The number of ether oxygens (including phenoxy) is 1. The van der Waals surface area contributed by atoms with Crippen LogP contribution in [0.25, 0.3) is 0 Å². The average molecular weight is 266 g/mol. The summed E-state index contributed by atoms with van der Waals surface area (Å²) >= 11 is 0. The van der Waals surface area contributed by atoms with E-state index in [1.807, 2.05) is 0 Å². The number of rotatable bonds is 5. The van der Waals surface area contributed by atoms with Crippen LogP contribution in [0.15, 0.2) is 0 Å². The van der Waals surface area contributed by atoms with E-state index in [-0.39, 0.29) is 5.60 Å². The van der Waals surface area contributed by atoms with Crippen LogP contribution in [0.3, 0.4) is 0 Å². The van der Waals surface area contributed by atoms with Gasteiger partial charge in [-0.2, -0.15) is 0 Å². The normalized spacial score (nSPS) is 32.1. The SMILES string of the molecule is CC(CNC1CCOC2(CCCC2)C1)N(C)C1CC1. The molecule has 1 aliphatic heterocycles. The summed E-state index contributed by atoms with van der Waals surface area (Å²) in [6, 6.07) is 2.21. The second-order valence-corrected chi connectivity index (χ2v) is 7.08. The average Bonchev–Trinajstić information content (AvgIpc) is 3.18. The van der Waals surface area contributed by atoms with Crippen LogP contribution in [-0.2, 0) is 4.74 Å². The maximum Gasteiger partial charge on any atom is 0.0697 e. The second-order valence-electron chi connectivity index (χ2n) is 7.08. The Labute approximate surface area is 118 Å². The van der Waals surface area contributed by atoms with E-state index in [9.17, 15) is 0 Å². The highest BCUT2D eigenvalue weighted by molar-refractivity contribution is 4.94. The zero-order valence-corrected chi connectivity index (χ0v) is 12.7. The van der Waals surface area contributed by atoms with Gasteiger partial charge < -0.3 is 10.1 Å². The van der Waals surface area contributed by atoms with Crippen LogP contribution >= 0.6 is 0 Å². The predicted octanol–water partition coefficient (Wildman–Crippen LogP) is 2.55. The largest absolute Gasteiger partial charge is 0.375 e. The molecular weight excluding hydrogens is 236 g/mol. The van der Waals surface area contributed by atoms with Gasteiger partial charge in [0.15, 0.2) is 0 Å². The number of hydrogen-bond donors (Lipinski definition) is 1. The molecule has 0 aromatic carbocycles. The predicted molar refractivity (Wildman–Crippen MR) is 78.4 cm³/mol. The lowest BCUT2D eigenvalue weighted by atomic mass is 9.89. The molecule has 19 heavy (non-hydrogen) atoms. The molecule has 3 aliphatic rings. The third-order valence-corrected chi connectivity index (χ3v) is 5.53. The van der Waals surface area contributed by atoms with Crippen molar-refractivity contribution in [3.63, 3.8) is 0 Å². The van der Waals surface area contributed by atoms with Gasteiger partial charge in [-0.1, -0.05) is 12.8 Å². The van der Waals surface area contributed by atoms with E-state index in [1.165, 1.54) is 51.4 Å². The van der Waals surface area contributed by atoms with Gasteiger partial charge in [0.1, 0.15) is 0 Å². The molecule has 0 aromatic heterocycles. The van der Waals surface area contributed by atoms with Gasteiger partial charge in [-0.05, 0) is 52.5 Å². The summed E-state index contributed by atoms with van der Waals surface area (Å²) in [7, 11) is 2.28. The van der Waals surface area contributed by atoms with Gasteiger partial charge in [0.25, 0.3) is 0 Å². The van der Waals surface area contributed by atoms with E-state index in [1.54, 1.807) is 0 Å². The van der Waals surface area contributed by atoms with Gasteiger partial charge in [0.05, 0.1) is 5.60 Å². The second kappa shape index (κ2) is 5.71. The van der Waals surface area contributed by atoms with Crippen LogP contribution in [0.4, 0.5) is 0 Å². The van der Waals surface area contributed by atoms with Gasteiger partial charge >= 0.3 is 0 Å². The Bertz CT molecular complexity index is 297. The molecule has 1 saturated heterocycles. The van der Waals surface area contributed by atoms with Crippen molar-refractivity contribution in [3.8, 4) is 0 Å². The summed E-state index contributed by atoms with van der Waals surface area (Å²) in [6.45, 7) is 4.45. The van der Waals surface area contributed by atoms with Crippen LogP contribution in [0.1, 0.15) is 58.3 Å². The molecule has 1 spiro atoms. The number of hydrogen-bond acceptors (Lipinski definition) is 3. The van der Waals surface area contributed by atoms with Crippen molar-refractivity contribution in [2.45, 2.75) is 82.0 Å². The highest BCUT2D eigenvalue weighted by Gasteiger charge is 2.39. The van der Waals surface area contributed by atoms with Crippen molar-refractivity contribution in [3.05, 3.63) is 0 Å². The van der Waals surface area contributed by atoms with Gasteiger partial charge in [-0.3, -0.25) is 4.90 Å². The van der Waals surface area contributed by atoms with Gasteiger partial charge in [-0.15, -0.1) is 0 Å². The first-order chi connectivity index (χ1) is 9.19. The van der Waals surface area contributed by atoms with E-state index in [2.05, 4.69) is 24.2 Å². The van der Waals surface area contributed by atoms with Crippen LogP contribution < -0.4 is 5.32 Å². The van der Waals surface area contributed by atoms with Crippen molar-refractivity contribution in [2.75, 3.05) is 20.2 Å². The van der Waals surface area contributed by atoms with Crippen molar-refractivity contribution in [2.24, 2.45) is 0 Å². The Hall–Kier alpha value is -0.120. The Balaban J connectivity index is 1.44. The molecule has 3 heteroatoms. The number of nitrogens with zero attached hydrogens (tertiary/aromatic N) is 1. The van der Waals surface area contributed by atoms with Crippen molar-refractivity contribution in [1.82, 2.24) is 10.2 Å². The standard InChI is InChI=1S/C16H30N2O/c1-13(18(2)15-5-6-15)12-17-14-7-10-19-16(11-14)8-3-4-9-16/h13-15,17H,3-12H2,1-2H3. The van der Waals surface area contributed by atoms with Crippen LogP contribution in [0, 0.1) is 0 Å². The van der Waals surface area contributed by atoms with E-state index in [4.69, 9.17) is 4.74 Å². The summed E-state index contributed by atoms with van der Waals surface area (Å²) in [5, 5.41) is 3.81. The molecule has 0 aromatic rings. The summed E-state index contributed by atoms with van der Waals surface area (Å²) in [5.41, 5.74) is 0.252. The third kappa shape index (κ3) is 3.32. The van der Waals surface area contributed by atoms with Crippen molar-refractivity contribution < 1.29 is 4.74 Å². The molecule has 2 aliphatic carbocycles. The lowest BCUT2D eigenvalue weighted by Gasteiger charge is -2.39. The first-order valence-corrected chi connectivity index (χ1v) is 8.28. The van der Waals surface area contributed by atoms with Crippen LogP contribution in [-0.4, -0.2) is 48.8 Å².